The fourth-order valence-corrected chi connectivity index (χ4v) is 3.34. The first-order valence-corrected chi connectivity index (χ1v) is 9.26. The van der Waals surface area contributed by atoms with Gasteiger partial charge in [-0.25, -0.2) is 4.79 Å². The smallest absolute Gasteiger partial charge is 0.407 e. The lowest BCUT2D eigenvalue weighted by Gasteiger charge is -2.09. The molecule has 7 nitrogen and oxygen atoms in total. The Kier molecular flexibility index (Phi) is 6.06. The molecular weight excluding hydrogens is 356 g/mol. The van der Waals surface area contributed by atoms with Crippen LogP contribution in [0.15, 0.2) is 42.6 Å². The first-order chi connectivity index (χ1) is 13.6. The minimum Gasteiger partial charge on any atom is -0.450 e. The topological polar surface area (TPSA) is 99.2 Å². The zero-order chi connectivity index (χ0) is 20.1. The molecule has 3 rings (SSSR count). The van der Waals surface area contributed by atoms with E-state index in [1.165, 1.54) is 0 Å². The standard InChI is InChI=1S/C21H24N4O3/c1-3-28-21(27)24-13-16-12-15(9-11-23-16)20(26)25-14(2)17(8-10-22)18-6-4-5-7-19(18)25/h4-7,9,11-12H,3,8,10,13,22H2,1-2H3,(H,24,27). The molecule has 2 aromatic heterocycles. The van der Waals surface area contributed by atoms with Crippen LogP contribution >= 0.6 is 0 Å². The van der Waals surface area contributed by atoms with Crippen LogP contribution in [0.2, 0.25) is 0 Å². The number of benzene rings is 1. The van der Waals surface area contributed by atoms with Gasteiger partial charge in [-0.1, -0.05) is 18.2 Å². The van der Waals surface area contributed by atoms with Gasteiger partial charge in [0.05, 0.1) is 24.4 Å². The van der Waals surface area contributed by atoms with Crippen molar-refractivity contribution in [1.29, 1.82) is 0 Å². The molecule has 1 amide bonds. The Morgan fingerprint density at radius 1 is 1.25 bits per heavy atom. The van der Waals surface area contributed by atoms with Gasteiger partial charge in [-0.05, 0) is 50.6 Å². The molecule has 0 bridgehead atoms. The van der Waals surface area contributed by atoms with Gasteiger partial charge in [0.15, 0.2) is 0 Å². The summed E-state index contributed by atoms with van der Waals surface area (Å²) < 4.78 is 6.56. The van der Waals surface area contributed by atoms with Crippen LogP contribution in [0.4, 0.5) is 4.79 Å². The van der Waals surface area contributed by atoms with Gasteiger partial charge in [0.1, 0.15) is 0 Å². The number of aromatic nitrogens is 2. The molecule has 0 aliphatic carbocycles. The predicted molar refractivity (Wildman–Crippen MR) is 107 cm³/mol. The van der Waals surface area contributed by atoms with Crippen LogP contribution in [0.5, 0.6) is 0 Å². The van der Waals surface area contributed by atoms with Crippen molar-refractivity contribution >= 4 is 22.9 Å². The molecule has 0 radical (unpaired) electrons. The highest BCUT2D eigenvalue weighted by Crippen LogP contribution is 2.27. The molecule has 2 heterocycles. The van der Waals surface area contributed by atoms with Gasteiger partial charge in [-0.2, -0.15) is 0 Å². The second-order valence-electron chi connectivity index (χ2n) is 6.37. The van der Waals surface area contributed by atoms with E-state index < -0.39 is 6.09 Å². The average Bonchev–Trinajstić information content (AvgIpc) is 2.98. The van der Waals surface area contributed by atoms with Crippen LogP contribution in [0.25, 0.3) is 10.9 Å². The van der Waals surface area contributed by atoms with Gasteiger partial charge < -0.3 is 15.8 Å². The Hall–Kier alpha value is -3.19. The quantitative estimate of drug-likeness (QED) is 0.685. The van der Waals surface area contributed by atoms with Gasteiger partial charge in [0.25, 0.3) is 5.91 Å². The maximum Gasteiger partial charge on any atom is 0.407 e. The molecule has 0 saturated heterocycles. The second kappa shape index (κ2) is 8.67. The minimum atomic E-state index is -0.514. The zero-order valence-electron chi connectivity index (χ0n) is 16.1. The van der Waals surface area contributed by atoms with Crippen molar-refractivity contribution in [3.05, 3.63) is 65.1 Å². The molecule has 1 aromatic carbocycles. The fourth-order valence-electron chi connectivity index (χ4n) is 3.34. The van der Waals surface area contributed by atoms with E-state index in [2.05, 4.69) is 10.3 Å². The lowest BCUT2D eigenvalue weighted by molar-refractivity contribution is 0.0962. The second-order valence-corrected chi connectivity index (χ2v) is 6.37. The summed E-state index contributed by atoms with van der Waals surface area (Å²) in [6.07, 6.45) is 1.76. The van der Waals surface area contributed by atoms with E-state index in [-0.39, 0.29) is 12.5 Å². The van der Waals surface area contributed by atoms with Crippen LogP contribution in [-0.4, -0.2) is 34.7 Å². The minimum absolute atomic E-state index is 0.142. The summed E-state index contributed by atoms with van der Waals surface area (Å²) in [5.41, 5.74) is 9.68. The summed E-state index contributed by atoms with van der Waals surface area (Å²) in [5, 5.41) is 3.65. The van der Waals surface area contributed by atoms with Crippen molar-refractivity contribution < 1.29 is 14.3 Å². The molecule has 0 unspecified atom stereocenters. The highest BCUT2D eigenvalue weighted by atomic mass is 16.5. The van der Waals surface area contributed by atoms with E-state index in [1.807, 2.05) is 31.2 Å². The number of carbonyl (C=O) groups is 2. The van der Waals surface area contributed by atoms with Gasteiger partial charge in [-0.3, -0.25) is 14.3 Å². The summed E-state index contributed by atoms with van der Waals surface area (Å²) in [4.78, 5) is 29.0. The van der Waals surface area contributed by atoms with Crippen molar-refractivity contribution in [1.82, 2.24) is 14.9 Å². The van der Waals surface area contributed by atoms with Crippen molar-refractivity contribution in [2.24, 2.45) is 5.73 Å². The maximum atomic E-state index is 13.3. The molecule has 0 saturated carbocycles. The summed E-state index contributed by atoms with van der Waals surface area (Å²) in [5.74, 6) is -0.142. The molecule has 3 N–H and O–H groups in total. The molecule has 0 aliphatic rings. The first kappa shape index (κ1) is 19.6. The number of ether oxygens (including phenoxy) is 1. The number of fused-ring (bicyclic) bond motifs is 1. The van der Waals surface area contributed by atoms with E-state index in [9.17, 15) is 9.59 Å². The summed E-state index contributed by atoms with van der Waals surface area (Å²) in [7, 11) is 0. The molecule has 28 heavy (non-hydrogen) atoms. The SMILES string of the molecule is CCOC(=O)NCc1cc(C(=O)n2c(C)c(CCN)c3ccccc32)ccn1. The molecular formula is C21H24N4O3. The Bertz CT molecular complexity index is 1010. The summed E-state index contributed by atoms with van der Waals surface area (Å²) >= 11 is 0. The van der Waals surface area contributed by atoms with Crippen LogP contribution < -0.4 is 11.1 Å². The Morgan fingerprint density at radius 3 is 2.79 bits per heavy atom. The number of hydrogen-bond donors (Lipinski definition) is 2. The van der Waals surface area contributed by atoms with Crippen molar-refractivity contribution in [3.63, 3.8) is 0 Å². The lowest BCUT2D eigenvalue weighted by Crippen LogP contribution is -2.24. The number of pyridine rings is 1. The summed E-state index contributed by atoms with van der Waals surface area (Å²) in [6, 6.07) is 11.2. The van der Waals surface area contributed by atoms with E-state index in [0.717, 1.165) is 22.2 Å². The Morgan fingerprint density at radius 2 is 2.04 bits per heavy atom. The van der Waals surface area contributed by atoms with Gasteiger partial charge in [0.2, 0.25) is 0 Å². The van der Waals surface area contributed by atoms with Gasteiger partial charge in [-0.15, -0.1) is 0 Å². The fraction of sp³-hybridized carbons (Fsp3) is 0.286. The van der Waals surface area contributed by atoms with Crippen molar-refractivity contribution in [2.45, 2.75) is 26.8 Å². The number of hydrogen-bond acceptors (Lipinski definition) is 5. The number of nitrogens with two attached hydrogens (primary N) is 1. The van der Waals surface area contributed by atoms with E-state index in [1.54, 1.807) is 29.8 Å². The predicted octanol–water partition coefficient (Wildman–Crippen LogP) is 2.78. The molecule has 0 aliphatic heterocycles. The number of carbonyl (C=O) groups excluding carboxylic acids is 2. The number of amides is 1. The van der Waals surface area contributed by atoms with Crippen LogP contribution in [0, 0.1) is 6.92 Å². The average molecular weight is 380 g/mol. The van der Waals surface area contributed by atoms with Crippen LogP contribution in [-0.2, 0) is 17.7 Å². The largest absolute Gasteiger partial charge is 0.450 e. The number of nitrogens with zero attached hydrogens (tertiary/aromatic N) is 2. The molecule has 0 atom stereocenters. The molecule has 0 fully saturated rings. The van der Waals surface area contributed by atoms with Crippen LogP contribution in [0.1, 0.15) is 34.2 Å². The maximum absolute atomic E-state index is 13.3. The zero-order valence-corrected chi connectivity index (χ0v) is 16.1. The first-order valence-electron chi connectivity index (χ1n) is 9.26. The Balaban J connectivity index is 1.94. The van der Waals surface area contributed by atoms with Gasteiger partial charge >= 0.3 is 6.09 Å². The third-order valence-electron chi connectivity index (χ3n) is 4.59. The third kappa shape index (κ3) is 3.89. The van der Waals surface area contributed by atoms with Crippen molar-refractivity contribution in [3.8, 4) is 0 Å². The van der Waals surface area contributed by atoms with Crippen molar-refractivity contribution in [2.75, 3.05) is 13.2 Å². The molecule has 7 heteroatoms. The van der Waals surface area contributed by atoms with Crippen LogP contribution in [0.3, 0.4) is 0 Å². The number of alkyl carbamates (subject to hydrolysis) is 1. The normalized spacial score (nSPS) is 10.8. The van der Waals surface area contributed by atoms with E-state index >= 15 is 0 Å². The number of nitrogens with one attached hydrogen (secondary N) is 1. The number of para-hydroxylation sites is 1. The molecule has 0 spiro atoms. The van der Waals surface area contributed by atoms with E-state index in [0.29, 0.717) is 30.8 Å². The lowest BCUT2D eigenvalue weighted by atomic mass is 10.1. The van der Waals surface area contributed by atoms with E-state index in [4.69, 9.17) is 10.5 Å². The monoisotopic (exact) mass is 380 g/mol. The molecule has 3 aromatic rings. The summed E-state index contributed by atoms with van der Waals surface area (Å²) in [6.45, 7) is 4.67. The highest BCUT2D eigenvalue weighted by Gasteiger charge is 2.19. The van der Waals surface area contributed by atoms with Gasteiger partial charge in [0, 0.05) is 22.8 Å². The Labute approximate surface area is 163 Å². The highest BCUT2D eigenvalue weighted by molar-refractivity contribution is 6.04. The molecule has 146 valence electrons. The number of rotatable bonds is 6. The third-order valence-corrected chi connectivity index (χ3v) is 4.59.